The van der Waals surface area contributed by atoms with E-state index >= 15 is 0 Å². The molecule has 0 aromatic carbocycles. The van der Waals surface area contributed by atoms with Crippen LogP contribution in [0.25, 0.3) is 0 Å². The zero-order valence-corrected chi connectivity index (χ0v) is 17.1. The summed E-state index contributed by atoms with van der Waals surface area (Å²) in [5, 5.41) is 0. The first-order chi connectivity index (χ1) is 11.6. The Morgan fingerprint density at radius 1 is 0.542 bits per heavy atom. The molecule has 0 aliphatic heterocycles. The number of carbonyl (C=O) groups excluding carboxylic acids is 1. The summed E-state index contributed by atoms with van der Waals surface area (Å²) in [6.45, 7) is 6.30. The molecule has 0 N–H and O–H groups in total. The zero-order chi connectivity index (χ0) is 18.0. The van der Waals surface area contributed by atoms with Gasteiger partial charge in [0.25, 0.3) is 0 Å². The summed E-state index contributed by atoms with van der Waals surface area (Å²) in [6, 6.07) is 0.187. The fourth-order valence-electron chi connectivity index (χ4n) is 3.09. The Bertz CT molecular complexity index is 255. The normalized spacial score (nSPS) is 10.8. The number of amides is 2. The van der Waals surface area contributed by atoms with Crippen LogP contribution >= 0.6 is 0 Å². The van der Waals surface area contributed by atoms with Crippen LogP contribution in [-0.2, 0) is 0 Å². The molecule has 0 aliphatic rings. The Kier molecular flexibility index (Phi) is 16.6. The van der Waals surface area contributed by atoms with Gasteiger partial charge in [0.05, 0.1) is 0 Å². The minimum atomic E-state index is 0.187. The lowest BCUT2D eigenvalue weighted by Gasteiger charge is -2.25. The van der Waals surface area contributed by atoms with Gasteiger partial charge >= 0.3 is 6.03 Å². The second-order valence-corrected chi connectivity index (χ2v) is 7.37. The van der Waals surface area contributed by atoms with Crippen LogP contribution in [0.1, 0.15) is 104 Å². The third-order valence-corrected chi connectivity index (χ3v) is 4.85. The molecule has 0 fully saturated rings. The Morgan fingerprint density at radius 3 is 1.17 bits per heavy atom. The second-order valence-electron chi connectivity index (χ2n) is 7.37. The van der Waals surface area contributed by atoms with E-state index in [1.807, 2.05) is 23.9 Å². The molecule has 0 aromatic heterocycles. The first-order valence-corrected chi connectivity index (χ1v) is 10.6. The van der Waals surface area contributed by atoms with Gasteiger partial charge in [-0.25, -0.2) is 4.79 Å². The van der Waals surface area contributed by atoms with E-state index in [1.54, 1.807) is 0 Å². The maximum Gasteiger partial charge on any atom is 0.319 e. The summed E-state index contributed by atoms with van der Waals surface area (Å²) in [4.78, 5) is 16.1. The molecule has 3 nitrogen and oxygen atoms in total. The van der Waals surface area contributed by atoms with Gasteiger partial charge in [0.2, 0.25) is 0 Å². The molecule has 0 aliphatic carbocycles. The average Bonchev–Trinajstić information content (AvgIpc) is 2.59. The highest BCUT2D eigenvalue weighted by atomic mass is 16.2. The Labute approximate surface area is 152 Å². The van der Waals surface area contributed by atoms with Crippen LogP contribution < -0.4 is 0 Å². The largest absolute Gasteiger partial charge is 0.328 e. The average molecular weight is 341 g/mol. The standard InChI is InChI=1S/C21H44N2O/c1-5-7-9-11-13-15-17-19-22(3)21(24)23(4)20-18-16-14-12-10-8-6-2/h5-20H2,1-4H3. The molecule has 0 aromatic rings. The van der Waals surface area contributed by atoms with Gasteiger partial charge in [0.15, 0.2) is 0 Å². The van der Waals surface area contributed by atoms with Crippen LogP contribution in [0.3, 0.4) is 0 Å². The van der Waals surface area contributed by atoms with Gasteiger partial charge < -0.3 is 9.80 Å². The Morgan fingerprint density at radius 2 is 0.833 bits per heavy atom. The highest BCUT2D eigenvalue weighted by Gasteiger charge is 2.12. The maximum atomic E-state index is 12.3. The van der Waals surface area contributed by atoms with Gasteiger partial charge in [-0.1, -0.05) is 90.9 Å². The van der Waals surface area contributed by atoms with E-state index < -0.39 is 0 Å². The van der Waals surface area contributed by atoms with Crippen molar-refractivity contribution in [2.75, 3.05) is 27.2 Å². The van der Waals surface area contributed by atoms with Crippen molar-refractivity contribution >= 4 is 6.03 Å². The lowest BCUT2D eigenvalue weighted by atomic mass is 10.1. The van der Waals surface area contributed by atoms with Crippen molar-refractivity contribution in [1.82, 2.24) is 9.80 Å². The molecular weight excluding hydrogens is 296 g/mol. The summed E-state index contributed by atoms with van der Waals surface area (Å²) < 4.78 is 0. The zero-order valence-electron chi connectivity index (χ0n) is 17.1. The van der Waals surface area contributed by atoms with Crippen molar-refractivity contribution in [1.29, 1.82) is 0 Å². The van der Waals surface area contributed by atoms with E-state index in [0.29, 0.717) is 0 Å². The smallest absolute Gasteiger partial charge is 0.319 e. The number of urea groups is 1. The number of nitrogens with zero attached hydrogens (tertiary/aromatic N) is 2. The fraction of sp³-hybridized carbons (Fsp3) is 0.952. The summed E-state index contributed by atoms with van der Waals surface area (Å²) in [6.07, 6.45) is 18.2. The van der Waals surface area contributed by atoms with Crippen LogP contribution in [0.5, 0.6) is 0 Å². The molecule has 0 unspecified atom stereocenters. The predicted molar refractivity (Wildman–Crippen MR) is 107 cm³/mol. The minimum Gasteiger partial charge on any atom is -0.328 e. The van der Waals surface area contributed by atoms with E-state index in [4.69, 9.17) is 0 Å². The molecule has 24 heavy (non-hydrogen) atoms. The third-order valence-electron chi connectivity index (χ3n) is 4.85. The molecular formula is C21H44N2O. The monoisotopic (exact) mass is 340 g/mol. The lowest BCUT2D eigenvalue weighted by Crippen LogP contribution is -2.39. The van der Waals surface area contributed by atoms with Gasteiger partial charge in [0, 0.05) is 27.2 Å². The van der Waals surface area contributed by atoms with Crippen molar-refractivity contribution in [2.24, 2.45) is 0 Å². The lowest BCUT2D eigenvalue weighted by molar-refractivity contribution is 0.171. The van der Waals surface area contributed by atoms with E-state index in [-0.39, 0.29) is 6.03 Å². The molecule has 144 valence electrons. The number of unbranched alkanes of at least 4 members (excludes halogenated alkanes) is 12. The number of hydrogen-bond acceptors (Lipinski definition) is 1. The first-order valence-electron chi connectivity index (χ1n) is 10.6. The second kappa shape index (κ2) is 17.1. The molecule has 2 amide bonds. The van der Waals surface area contributed by atoms with Crippen molar-refractivity contribution in [3.05, 3.63) is 0 Å². The van der Waals surface area contributed by atoms with E-state index in [2.05, 4.69) is 13.8 Å². The van der Waals surface area contributed by atoms with Crippen molar-refractivity contribution in [3.63, 3.8) is 0 Å². The quantitative estimate of drug-likeness (QED) is 0.295. The molecule has 0 radical (unpaired) electrons. The minimum absolute atomic E-state index is 0.187. The third kappa shape index (κ3) is 13.7. The molecule has 0 saturated heterocycles. The number of carbonyl (C=O) groups is 1. The molecule has 0 saturated carbocycles. The molecule has 3 heteroatoms. The summed E-state index contributed by atoms with van der Waals surface area (Å²) in [7, 11) is 3.89. The number of hydrogen-bond donors (Lipinski definition) is 0. The van der Waals surface area contributed by atoms with Crippen LogP contribution in [0, 0.1) is 0 Å². The fourth-order valence-corrected chi connectivity index (χ4v) is 3.09. The molecule has 0 spiro atoms. The highest BCUT2D eigenvalue weighted by Crippen LogP contribution is 2.09. The topological polar surface area (TPSA) is 23.6 Å². The van der Waals surface area contributed by atoms with E-state index in [1.165, 1.54) is 77.0 Å². The molecule has 0 heterocycles. The first kappa shape index (κ1) is 23.3. The van der Waals surface area contributed by atoms with Gasteiger partial charge in [0.1, 0.15) is 0 Å². The predicted octanol–water partition coefficient (Wildman–Crippen LogP) is 6.47. The molecule has 0 bridgehead atoms. The van der Waals surface area contributed by atoms with Crippen LogP contribution in [0.4, 0.5) is 4.79 Å². The summed E-state index contributed by atoms with van der Waals surface area (Å²) >= 11 is 0. The van der Waals surface area contributed by atoms with Crippen molar-refractivity contribution < 1.29 is 4.79 Å². The molecule has 0 atom stereocenters. The summed E-state index contributed by atoms with van der Waals surface area (Å²) in [5.74, 6) is 0. The van der Waals surface area contributed by atoms with Crippen molar-refractivity contribution in [3.8, 4) is 0 Å². The van der Waals surface area contributed by atoms with Gasteiger partial charge in [-0.3, -0.25) is 0 Å². The van der Waals surface area contributed by atoms with Gasteiger partial charge in [-0.05, 0) is 12.8 Å². The summed E-state index contributed by atoms with van der Waals surface area (Å²) in [5.41, 5.74) is 0. The van der Waals surface area contributed by atoms with Crippen LogP contribution in [-0.4, -0.2) is 43.0 Å². The highest BCUT2D eigenvalue weighted by molar-refractivity contribution is 5.73. The van der Waals surface area contributed by atoms with Crippen molar-refractivity contribution in [2.45, 2.75) is 104 Å². The van der Waals surface area contributed by atoms with E-state index in [0.717, 1.165) is 25.9 Å². The maximum absolute atomic E-state index is 12.3. The van der Waals surface area contributed by atoms with Crippen LogP contribution in [0.15, 0.2) is 0 Å². The number of rotatable bonds is 16. The van der Waals surface area contributed by atoms with E-state index in [9.17, 15) is 4.79 Å². The van der Waals surface area contributed by atoms with Crippen LogP contribution in [0.2, 0.25) is 0 Å². The SMILES string of the molecule is CCCCCCCCCN(C)C(=O)N(C)CCCCCCCCC. The van der Waals surface area contributed by atoms with Gasteiger partial charge in [-0.15, -0.1) is 0 Å². The molecule has 0 rings (SSSR count). The van der Waals surface area contributed by atoms with Gasteiger partial charge in [-0.2, -0.15) is 0 Å². The Balaban J connectivity index is 3.57. The Hall–Kier alpha value is -0.730.